The Morgan fingerprint density at radius 1 is 1.00 bits per heavy atom. The van der Waals surface area contributed by atoms with E-state index in [1.54, 1.807) is 4.90 Å². The molecule has 1 atom stereocenters. The molecule has 0 aromatic heterocycles. The van der Waals surface area contributed by atoms with Gasteiger partial charge >= 0.3 is 0 Å². The fourth-order valence-electron chi connectivity index (χ4n) is 3.02. The number of carbonyl (C=O) groups is 1. The normalized spacial score (nSPS) is 12.3. The second kappa shape index (κ2) is 10.3. The lowest BCUT2D eigenvalue weighted by Gasteiger charge is -2.26. The molecule has 0 aliphatic carbocycles. The third-order valence-electron chi connectivity index (χ3n) is 4.62. The van der Waals surface area contributed by atoms with Crippen molar-refractivity contribution in [3.63, 3.8) is 0 Å². The smallest absolute Gasteiger partial charge is 0.241 e. The molecule has 2 aromatic carbocycles. The molecule has 0 saturated heterocycles. The van der Waals surface area contributed by atoms with Gasteiger partial charge in [-0.2, -0.15) is 4.72 Å². The highest BCUT2D eigenvalue weighted by Gasteiger charge is 2.29. The van der Waals surface area contributed by atoms with Crippen molar-refractivity contribution in [1.82, 2.24) is 9.62 Å². The molecule has 0 aliphatic rings. The van der Waals surface area contributed by atoms with Gasteiger partial charge in [0.15, 0.2) is 11.5 Å². The van der Waals surface area contributed by atoms with Crippen molar-refractivity contribution in [2.45, 2.75) is 31.2 Å². The third-order valence-corrected chi connectivity index (χ3v) is 6.09. The maximum Gasteiger partial charge on any atom is 0.241 e. The first-order valence-electron chi connectivity index (χ1n) is 9.43. The summed E-state index contributed by atoms with van der Waals surface area (Å²) in [4.78, 5) is 14.6. The average molecular weight is 421 g/mol. The monoisotopic (exact) mass is 420 g/mol. The molecule has 0 fully saturated rings. The van der Waals surface area contributed by atoms with Gasteiger partial charge in [0.1, 0.15) is 6.04 Å². The van der Waals surface area contributed by atoms with E-state index in [-0.39, 0.29) is 17.2 Å². The number of sulfonamides is 1. The minimum atomic E-state index is -3.97. The molecule has 0 aliphatic heterocycles. The van der Waals surface area contributed by atoms with Crippen LogP contribution in [-0.2, 0) is 21.2 Å². The molecular weight excluding hydrogens is 392 g/mol. The SMILES string of the molecule is CCN(CC)C(=O)[C@H](Cc1ccccc1)NS(=O)(=O)c1ccc(OC)c(OC)c1. The van der Waals surface area contributed by atoms with Crippen molar-refractivity contribution in [3.05, 3.63) is 54.1 Å². The van der Waals surface area contributed by atoms with Gasteiger partial charge in [-0.3, -0.25) is 4.79 Å². The molecule has 7 nitrogen and oxygen atoms in total. The van der Waals surface area contributed by atoms with E-state index in [1.807, 2.05) is 44.2 Å². The number of hydrogen-bond acceptors (Lipinski definition) is 5. The molecular formula is C21H28N2O5S. The van der Waals surface area contributed by atoms with Crippen LogP contribution >= 0.6 is 0 Å². The number of amides is 1. The van der Waals surface area contributed by atoms with Gasteiger partial charge in [0.2, 0.25) is 15.9 Å². The largest absolute Gasteiger partial charge is 0.493 e. The van der Waals surface area contributed by atoms with Crippen LogP contribution in [0.15, 0.2) is 53.4 Å². The molecule has 0 bridgehead atoms. The number of hydrogen-bond donors (Lipinski definition) is 1. The first-order chi connectivity index (χ1) is 13.9. The van der Waals surface area contributed by atoms with Crippen LogP contribution in [0.25, 0.3) is 0 Å². The minimum Gasteiger partial charge on any atom is -0.493 e. The standard InChI is InChI=1S/C21H28N2O5S/c1-5-23(6-2)21(24)18(14-16-10-8-7-9-11-16)22-29(25,26)17-12-13-19(27-3)20(15-17)28-4/h7-13,15,18,22H,5-6,14H2,1-4H3/t18-/m0/s1. The highest BCUT2D eigenvalue weighted by molar-refractivity contribution is 7.89. The quantitative estimate of drug-likeness (QED) is 0.638. The molecule has 1 amide bonds. The van der Waals surface area contributed by atoms with Crippen LogP contribution < -0.4 is 14.2 Å². The van der Waals surface area contributed by atoms with E-state index < -0.39 is 16.1 Å². The van der Waals surface area contributed by atoms with E-state index in [0.29, 0.717) is 24.6 Å². The Hall–Kier alpha value is -2.58. The second-order valence-electron chi connectivity index (χ2n) is 6.39. The molecule has 0 unspecified atom stereocenters. The maximum absolute atomic E-state index is 13.0. The summed E-state index contributed by atoms with van der Waals surface area (Å²) in [6.07, 6.45) is 0.253. The summed E-state index contributed by atoms with van der Waals surface area (Å²) in [7, 11) is -1.06. The third kappa shape index (κ3) is 5.71. The fraction of sp³-hybridized carbons (Fsp3) is 0.381. The first-order valence-corrected chi connectivity index (χ1v) is 10.9. The van der Waals surface area contributed by atoms with Crippen molar-refractivity contribution in [2.75, 3.05) is 27.3 Å². The highest BCUT2D eigenvalue weighted by atomic mass is 32.2. The van der Waals surface area contributed by atoms with Crippen LogP contribution in [0, 0.1) is 0 Å². The summed E-state index contributed by atoms with van der Waals surface area (Å²) < 4.78 is 39.0. The van der Waals surface area contributed by atoms with Gasteiger partial charge in [-0.15, -0.1) is 0 Å². The summed E-state index contributed by atoms with van der Waals surface area (Å²) in [5, 5.41) is 0. The molecule has 0 radical (unpaired) electrons. The van der Waals surface area contributed by atoms with E-state index in [0.717, 1.165) is 5.56 Å². The van der Waals surface area contributed by atoms with E-state index in [2.05, 4.69) is 4.72 Å². The molecule has 2 aromatic rings. The Bertz CT molecular complexity index is 912. The first kappa shape index (κ1) is 22.7. The van der Waals surface area contributed by atoms with E-state index in [9.17, 15) is 13.2 Å². The summed E-state index contributed by atoms with van der Waals surface area (Å²) >= 11 is 0. The lowest BCUT2D eigenvalue weighted by molar-refractivity contribution is -0.132. The summed E-state index contributed by atoms with van der Waals surface area (Å²) in [5.41, 5.74) is 0.869. The van der Waals surface area contributed by atoms with Crippen molar-refractivity contribution in [3.8, 4) is 11.5 Å². The van der Waals surface area contributed by atoms with Gasteiger partial charge in [-0.05, 0) is 38.0 Å². The van der Waals surface area contributed by atoms with E-state index in [4.69, 9.17) is 9.47 Å². The molecule has 0 spiro atoms. The van der Waals surface area contributed by atoms with Gasteiger partial charge in [-0.1, -0.05) is 30.3 Å². The van der Waals surface area contributed by atoms with Crippen LogP contribution in [0.1, 0.15) is 19.4 Å². The van der Waals surface area contributed by atoms with Gasteiger partial charge in [0, 0.05) is 19.2 Å². The predicted octanol–water partition coefficient (Wildman–Crippen LogP) is 2.46. The van der Waals surface area contributed by atoms with Gasteiger partial charge in [0.25, 0.3) is 0 Å². The Labute approximate surface area is 172 Å². The Kier molecular flexibility index (Phi) is 8.04. The van der Waals surface area contributed by atoms with Crippen LogP contribution in [0.3, 0.4) is 0 Å². The Balaban J connectivity index is 2.36. The number of likely N-dealkylation sites (N-methyl/N-ethyl adjacent to an activating group) is 1. The minimum absolute atomic E-state index is 0.000517. The lowest BCUT2D eigenvalue weighted by Crippen LogP contribution is -2.49. The van der Waals surface area contributed by atoms with E-state index in [1.165, 1.54) is 32.4 Å². The number of ether oxygens (including phenoxy) is 2. The van der Waals surface area contributed by atoms with Crippen molar-refractivity contribution < 1.29 is 22.7 Å². The summed E-state index contributed by atoms with van der Waals surface area (Å²) in [6.45, 7) is 4.73. The molecule has 0 heterocycles. The summed E-state index contributed by atoms with van der Waals surface area (Å²) in [6, 6.07) is 12.7. The lowest BCUT2D eigenvalue weighted by atomic mass is 10.1. The van der Waals surface area contributed by atoms with Gasteiger partial charge < -0.3 is 14.4 Å². The number of nitrogens with zero attached hydrogens (tertiary/aromatic N) is 1. The van der Waals surface area contributed by atoms with Crippen LogP contribution in [-0.4, -0.2) is 52.6 Å². The molecule has 8 heteroatoms. The number of methoxy groups -OCH3 is 2. The molecule has 29 heavy (non-hydrogen) atoms. The van der Waals surface area contributed by atoms with E-state index >= 15 is 0 Å². The topological polar surface area (TPSA) is 84.9 Å². The van der Waals surface area contributed by atoms with Crippen LogP contribution in [0.2, 0.25) is 0 Å². The molecule has 158 valence electrons. The number of benzene rings is 2. The number of carbonyl (C=O) groups excluding carboxylic acids is 1. The zero-order valence-electron chi connectivity index (χ0n) is 17.2. The van der Waals surface area contributed by atoms with Crippen LogP contribution in [0.4, 0.5) is 0 Å². The average Bonchev–Trinajstić information content (AvgIpc) is 2.74. The number of nitrogens with one attached hydrogen (secondary N) is 1. The number of rotatable bonds is 10. The molecule has 1 N–H and O–H groups in total. The highest BCUT2D eigenvalue weighted by Crippen LogP contribution is 2.29. The zero-order valence-corrected chi connectivity index (χ0v) is 18.0. The maximum atomic E-state index is 13.0. The van der Waals surface area contributed by atoms with Gasteiger partial charge in [-0.25, -0.2) is 8.42 Å². The molecule has 0 saturated carbocycles. The predicted molar refractivity (Wildman–Crippen MR) is 112 cm³/mol. The van der Waals surface area contributed by atoms with Crippen molar-refractivity contribution in [2.24, 2.45) is 0 Å². The second-order valence-corrected chi connectivity index (χ2v) is 8.10. The van der Waals surface area contributed by atoms with Crippen molar-refractivity contribution in [1.29, 1.82) is 0 Å². The Morgan fingerprint density at radius 2 is 1.62 bits per heavy atom. The Morgan fingerprint density at radius 3 is 2.17 bits per heavy atom. The summed E-state index contributed by atoms with van der Waals surface area (Å²) in [5.74, 6) is 0.458. The van der Waals surface area contributed by atoms with Crippen LogP contribution in [0.5, 0.6) is 11.5 Å². The molecule has 2 rings (SSSR count). The fourth-order valence-corrected chi connectivity index (χ4v) is 4.23. The van der Waals surface area contributed by atoms with Crippen molar-refractivity contribution >= 4 is 15.9 Å². The zero-order chi connectivity index (χ0) is 21.4. The van der Waals surface area contributed by atoms with Gasteiger partial charge in [0.05, 0.1) is 19.1 Å².